The highest BCUT2D eigenvalue weighted by molar-refractivity contribution is 6.31. The fourth-order valence-corrected chi connectivity index (χ4v) is 2.48. The lowest BCUT2D eigenvalue weighted by atomic mass is 10.0. The van der Waals surface area contributed by atoms with Crippen molar-refractivity contribution in [3.8, 4) is 11.1 Å². The van der Waals surface area contributed by atoms with Crippen molar-refractivity contribution < 1.29 is 0 Å². The molecule has 0 aliphatic carbocycles. The lowest BCUT2D eigenvalue weighted by Crippen LogP contribution is -1.98. The van der Waals surface area contributed by atoms with Gasteiger partial charge in [-0.3, -0.25) is 0 Å². The van der Waals surface area contributed by atoms with Gasteiger partial charge < -0.3 is 10.7 Å². The molecule has 0 aliphatic rings. The average Bonchev–Trinajstić information content (AvgIpc) is 2.77. The summed E-state index contributed by atoms with van der Waals surface area (Å²) < 4.78 is 0. The summed E-state index contributed by atoms with van der Waals surface area (Å²) in [6, 6.07) is 16.1. The van der Waals surface area contributed by atoms with Gasteiger partial charge in [-0.2, -0.15) is 0 Å². The van der Waals surface area contributed by atoms with Crippen molar-refractivity contribution in [2.45, 2.75) is 6.54 Å². The number of benzene rings is 2. The molecule has 3 rings (SSSR count). The van der Waals surface area contributed by atoms with E-state index in [0.717, 1.165) is 32.7 Å². The van der Waals surface area contributed by atoms with Gasteiger partial charge >= 0.3 is 0 Å². The molecular weight excluding hydrogens is 279 g/mol. The third-order valence-corrected chi connectivity index (χ3v) is 3.34. The van der Waals surface area contributed by atoms with Gasteiger partial charge in [0, 0.05) is 33.7 Å². The van der Waals surface area contributed by atoms with E-state index in [1.807, 2.05) is 36.4 Å². The number of H-pyrrole nitrogens is 1. The molecule has 0 spiro atoms. The second-order valence-corrected chi connectivity index (χ2v) is 4.68. The van der Waals surface area contributed by atoms with Crippen LogP contribution in [0.5, 0.6) is 0 Å². The van der Waals surface area contributed by atoms with Crippen LogP contribution in [0.25, 0.3) is 22.0 Å². The smallest absolute Gasteiger partial charge is 0.0463 e. The second kappa shape index (κ2) is 5.66. The lowest BCUT2D eigenvalue weighted by Gasteiger charge is -2.03. The Labute approximate surface area is 123 Å². The molecule has 1 aromatic heterocycles. The maximum Gasteiger partial charge on any atom is 0.0463 e. The normalized spacial score (nSPS) is 10.4. The average molecular weight is 293 g/mol. The Bertz CT molecular complexity index is 690. The lowest BCUT2D eigenvalue weighted by molar-refractivity contribution is 1.02. The molecule has 19 heavy (non-hydrogen) atoms. The minimum Gasteiger partial charge on any atom is -0.357 e. The van der Waals surface area contributed by atoms with Crippen LogP contribution in [-0.4, -0.2) is 4.98 Å². The summed E-state index contributed by atoms with van der Waals surface area (Å²) in [5.74, 6) is 0. The number of hydrogen-bond acceptors (Lipinski definition) is 1. The number of aromatic nitrogens is 1. The fourth-order valence-electron chi connectivity index (χ4n) is 2.31. The Kier molecular flexibility index (Phi) is 4.15. The zero-order chi connectivity index (χ0) is 12.5. The summed E-state index contributed by atoms with van der Waals surface area (Å²) in [4.78, 5) is 3.36. The van der Waals surface area contributed by atoms with Crippen LogP contribution in [0.4, 0.5) is 0 Å². The van der Waals surface area contributed by atoms with Gasteiger partial charge in [0.25, 0.3) is 0 Å². The van der Waals surface area contributed by atoms with E-state index in [0.29, 0.717) is 6.54 Å². The molecule has 0 atom stereocenters. The van der Waals surface area contributed by atoms with Crippen LogP contribution in [0.3, 0.4) is 0 Å². The van der Waals surface area contributed by atoms with Crippen molar-refractivity contribution in [3.63, 3.8) is 0 Å². The van der Waals surface area contributed by atoms with Gasteiger partial charge in [-0.15, -0.1) is 12.4 Å². The van der Waals surface area contributed by atoms with Crippen molar-refractivity contribution in [2.75, 3.05) is 0 Å². The van der Waals surface area contributed by atoms with Crippen molar-refractivity contribution >= 4 is 34.9 Å². The van der Waals surface area contributed by atoms with E-state index in [4.69, 9.17) is 17.3 Å². The van der Waals surface area contributed by atoms with E-state index in [-0.39, 0.29) is 12.4 Å². The van der Waals surface area contributed by atoms with Crippen molar-refractivity contribution in [1.29, 1.82) is 0 Å². The van der Waals surface area contributed by atoms with Crippen LogP contribution >= 0.6 is 24.0 Å². The van der Waals surface area contributed by atoms with Crippen LogP contribution in [0.15, 0.2) is 48.5 Å². The largest absolute Gasteiger partial charge is 0.357 e. The SMILES string of the molecule is Cl.NCc1[nH]c2ccc(Cl)cc2c1-c1ccccc1. The summed E-state index contributed by atoms with van der Waals surface area (Å²) in [5.41, 5.74) is 10.2. The van der Waals surface area contributed by atoms with E-state index >= 15 is 0 Å². The number of aromatic amines is 1. The van der Waals surface area contributed by atoms with Crippen molar-refractivity contribution in [3.05, 3.63) is 59.2 Å². The highest BCUT2D eigenvalue weighted by Gasteiger charge is 2.12. The predicted molar refractivity (Wildman–Crippen MR) is 83.9 cm³/mol. The minimum absolute atomic E-state index is 0. The molecule has 0 saturated carbocycles. The zero-order valence-electron chi connectivity index (χ0n) is 10.2. The van der Waals surface area contributed by atoms with Crippen LogP contribution in [0.2, 0.25) is 5.02 Å². The van der Waals surface area contributed by atoms with Crippen molar-refractivity contribution in [2.24, 2.45) is 5.73 Å². The first-order chi connectivity index (χ1) is 8.79. The van der Waals surface area contributed by atoms with Crippen LogP contribution < -0.4 is 5.73 Å². The van der Waals surface area contributed by atoms with Gasteiger partial charge in [-0.1, -0.05) is 41.9 Å². The molecule has 0 bridgehead atoms. The molecule has 0 unspecified atom stereocenters. The van der Waals surface area contributed by atoms with Gasteiger partial charge in [-0.05, 0) is 23.8 Å². The molecule has 0 aliphatic heterocycles. The monoisotopic (exact) mass is 292 g/mol. The van der Waals surface area contributed by atoms with Gasteiger partial charge in [0.15, 0.2) is 0 Å². The molecule has 3 aromatic rings. The molecule has 0 amide bonds. The summed E-state index contributed by atoms with van der Waals surface area (Å²) in [6.07, 6.45) is 0. The maximum atomic E-state index is 6.09. The maximum absolute atomic E-state index is 6.09. The Morgan fingerprint density at radius 2 is 1.79 bits per heavy atom. The number of rotatable bonds is 2. The summed E-state index contributed by atoms with van der Waals surface area (Å²) in [5, 5.41) is 1.86. The molecule has 0 saturated heterocycles. The zero-order valence-corrected chi connectivity index (χ0v) is 11.8. The van der Waals surface area contributed by atoms with Gasteiger partial charge in [0.1, 0.15) is 0 Å². The van der Waals surface area contributed by atoms with Gasteiger partial charge in [0.2, 0.25) is 0 Å². The molecule has 2 aromatic carbocycles. The highest BCUT2D eigenvalue weighted by atomic mass is 35.5. The first kappa shape index (κ1) is 13.9. The molecule has 0 fully saturated rings. The first-order valence-electron chi connectivity index (χ1n) is 5.85. The second-order valence-electron chi connectivity index (χ2n) is 4.24. The summed E-state index contributed by atoms with van der Waals surface area (Å²) in [7, 11) is 0. The quantitative estimate of drug-likeness (QED) is 0.724. The predicted octanol–water partition coefficient (Wildman–Crippen LogP) is 4.37. The van der Waals surface area contributed by atoms with Gasteiger partial charge in [-0.25, -0.2) is 0 Å². The van der Waals surface area contributed by atoms with Crippen molar-refractivity contribution in [1.82, 2.24) is 4.98 Å². The Morgan fingerprint density at radius 1 is 1.05 bits per heavy atom. The van der Waals surface area contributed by atoms with Crippen LogP contribution in [0.1, 0.15) is 5.69 Å². The third-order valence-electron chi connectivity index (χ3n) is 3.10. The Hall–Kier alpha value is -1.48. The number of fused-ring (bicyclic) bond motifs is 1. The fraction of sp³-hybridized carbons (Fsp3) is 0.0667. The molecular formula is C15H14Cl2N2. The first-order valence-corrected chi connectivity index (χ1v) is 6.23. The van der Waals surface area contributed by atoms with E-state index < -0.39 is 0 Å². The van der Waals surface area contributed by atoms with E-state index in [1.165, 1.54) is 0 Å². The topological polar surface area (TPSA) is 41.8 Å². The number of nitrogens with one attached hydrogen (secondary N) is 1. The number of nitrogens with two attached hydrogens (primary N) is 1. The van der Waals surface area contributed by atoms with Gasteiger partial charge in [0.05, 0.1) is 0 Å². The van der Waals surface area contributed by atoms with Crippen LogP contribution in [-0.2, 0) is 6.54 Å². The van der Waals surface area contributed by atoms with E-state index in [2.05, 4.69) is 17.1 Å². The van der Waals surface area contributed by atoms with Crippen LogP contribution in [0, 0.1) is 0 Å². The third kappa shape index (κ3) is 2.47. The van der Waals surface area contributed by atoms with E-state index in [9.17, 15) is 0 Å². The summed E-state index contributed by atoms with van der Waals surface area (Å²) >= 11 is 6.09. The number of hydrogen-bond donors (Lipinski definition) is 2. The highest BCUT2D eigenvalue weighted by Crippen LogP contribution is 2.33. The Balaban J connectivity index is 0.00000133. The standard InChI is InChI=1S/C15H13ClN2.ClH/c16-11-6-7-13-12(8-11)15(14(9-17)18-13)10-4-2-1-3-5-10;/h1-8,18H,9,17H2;1H. The Morgan fingerprint density at radius 3 is 2.47 bits per heavy atom. The molecule has 2 nitrogen and oxygen atoms in total. The minimum atomic E-state index is 0. The van der Waals surface area contributed by atoms with E-state index in [1.54, 1.807) is 0 Å². The molecule has 1 heterocycles. The number of halogens is 2. The molecule has 98 valence electrons. The molecule has 0 radical (unpaired) electrons. The molecule has 3 N–H and O–H groups in total. The summed E-state index contributed by atoms with van der Waals surface area (Å²) in [6.45, 7) is 0.483. The molecule has 4 heteroatoms.